The minimum absolute atomic E-state index is 0.107. The molecule has 0 unspecified atom stereocenters. The van der Waals surface area contributed by atoms with Crippen LogP contribution in [0.1, 0.15) is 26.3 Å². The molecule has 4 heteroatoms. The van der Waals surface area contributed by atoms with Crippen LogP contribution in [0.3, 0.4) is 0 Å². The predicted molar refractivity (Wildman–Crippen MR) is 84.2 cm³/mol. The Hall–Kier alpha value is -1.52. The lowest BCUT2D eigenvalue weighted by Crippen LogP contribution is -2.18. The second kappa shape index (κ2) is 8.05. The molecule has 0 aliphatic carbocycles. The van der Waals surface area contributed by atoms with E-state index in [0.29, 0.717) is 19.8 Å². The van der Waals surface area contributed by atoms with Crippen molar-refractivity contribution in [1.82, 2.24) is 0 Å². The topological polar surface area (TPSA) is 47.9 Å². The van der Waals surface area contributed by atoms with Crippen molar-refractivity contribution in [3.05, 3.63) is 35.4 Å². The Bertz CT molecular complexity index is 472. The molecule has 4 nitrogen and oxygen atoms in total. The molecule has 0 radical (unpaired) electrons. The molecule has 1 aromatic rings. The minimum Gasteiger partial charge on any atom is -0.508 e. The average Bonchev–Trinajstić information content (AvgIpc) is 2.41. The Morgan fingerprint density at radius 2 is 1.86 bits per heavy atom. The van der Waals surface area contributed by atoms with Gasteiger partial charge in [0, 0.05) is 18.2 Å². The smallest absolute Gasteiger partial charge is 0.128 e. The van der Waals surface area contributed by atoms with Crippen molar-refractivity contribution in [2.45, 2.75) is 20.8 Å². The highest BCUT2D eigenvalue weighted by molar-refractivity contribution is 5.65. The van der Waals surface area contributed by atoms with Crippen molar-refractivity contribution in [3.8, 4) is 5.75 Å². The van der Waals surface area contributed by atoms with Gasteiger partial charge in [0.05, 0.1) is 26.9 Å². The fourth-order valence-corrected chi connectivity index (χ4v) is 2.00. The molecule has 0 fully saturated rings. The first-order valence-corrected chi connectivity index (χ1v) is 7.04. The van der Waals surface area contributed by atoms with Crippen LogP contribution in [-0.2, 0) is 14.2 Å². The summed E-state index contributed by atoms with van der Waals surface area (Å²) < 4.78 is 16.3. The number of benzene rings is 1. The van der Waals surface area contributed by atoms with E-state index in [0.717, 1.165) is 16.9 Å². The lowest BCUT2D eigenvalue weighted by atomic mass is 9.84. The fourth-order valence-electron chi connectivity index (χ4n) is 2.00. The van der Waals surface area contributed by atoms with E-state index in [9.17, 15) is 5.11 Å². The van der Waals surface area contributed by atoms with Crippen LogP contribution >= 0.6 is 0 Å². The van der Waals surface area contributed by atoms with E-state index in [2.05, 4.69) is 20.8 Å². The molecule has 118 valence electrons. The van der Waals surface area contributed by atoms with Crippen molar-refractivity contribution in [3.63, 3.8) is 0 Å². The second-order valence-electron chi connectivity index (χ2n) is 5.86. The second-order valence-corrected chi connectivity index (χ2v) is 5.86. The maximum absolute atomic E-state index is 9.66. The highest BCUT2D eigenvalue weighted by Crippen LogP contribution is 2.34. The molecule has 0 amide bonds. The average molecular weight is 294 g/mol. The van der Waals surface area contributed by atoms with Gasteiger partial charge in [0.1, 0.15) is 11.5 Å². The van der Waals surface area contributed by atoms with Crippen LogP contribution < -0.4 is 0 Å². The quantitative estimate of drug-likeness (QED) is 0.618. The Morgan fingerprint density at radius 3 is 2.38 bits per heavy atom. The molecular formula is C17H26O4. The van der Waals surface area contributed by atoms with Gasteiger partial charge in [0.15, 0.2) is 0 Å². The Balaban J connectivity index is 3.10. The maximum Gasteiger partial charge on any atom is 0.128 e. The largest absolute Gasteiger partial charge is 0.508 e. The molecule has 0 spiro atoms. The maximum atomic E-state index is 9.66. The van der Waals surface area contributed by atoms with Crippen molar-refractivity contribution in [2.24, 2.45) is 5.41 Å². The van der Waals surface area contributed by atoms with Gasteiger partial charge in [-0.2, -0.15) is 0 Å². The van der Waals surface area contributed by atoms with Crippen LogP contribution in [0.2, 0.25) is 0 Å². The Kier molecular flexibility index (Phi) is 6.72. The van der Waals surface area contributed by atoms with Gasteiger partial charge >= 0.3 is 0 Å². The zero-order valence-corrected chi connectivity index (χ0v) is 13.6. The molecule has 0 aromatic heterocycles. The van der Waals surface area contributed by atoms with Crippen LogP contribution in [0.25, 0.3) is 5.76 Å². The summed E-state index contributed by atoms with van der Waals surface area (Å²) in [5.41, 5.74) is 1.79. The van der Waals surface area contributed by atoms with Crippen LogP contribution in [0.5, 0.6) is 5.75 Å². The summed E-state index contributed by atoms with van der Waals surface area (Å²) in [7, 11) is 3.29. The number of phenolic OH excluding ortho intramolecular Hbond substituents is 1. The number of aromatic hydroxyl groups is 1. The summed E-state index contributed by atoms with van der Waals surface area (Å²) in [4.78, 5) is 0. The highest BCUT2D eigenvalue weighted by Gasteiger charge is 2.23. The molecule has 1 rings (SSSR count). The Labute approximate surface area is 127 Å². The summed E-state index contributed by atoms with van der Waals surface area (Å²) in [6.07, 6.45) is 0. The summed E-state index contributed by atoms with van der Waals surface area (Å²) in [5, 5.41) is 9.66. The van der Waals surface area contributed by atoms with Gasteiger partial charge in [0.25, 0.3) is 0 Å². The van der Waals surface area contributed by atoms with Crippen LogP contribution in [-0.4, -0.2) is 39.1 Å². The van der Waals surface area contributed by atoms with Gasteiger partial charge in [-0.25, -0.2) is 0 Å². The van der Waals surface area contributed by atoms with Crippen LogP contribution in [0, 0.1) is 5.41 Å². The van der Waals surface area contributed by atoms with Crippen molar-refractivity contribution >= 4 is 5.76 Å². The fraction of sp³-hybridized carbons (Fsp3) is 0.529. The third kappa shape index (κ3) is 5.40. The zero-order chi connectivity index (χ0) is 15.9. The SMILES string of the molecule is COCCOCC(=C(OC)c1cccc(O)c1)C(C)(C)C. The zero-order valence-electron chi connectivity index (χ0n) is 13.6. The number of ether oxygens (including phenoxy) is 3. The lowest BCUT2D eigenvalue weighted by molar-refractivity contribution is 0.0764. The normalized spacial score (nSPS) is 13.0. The summed E-state index contributed by atoms with van der Waals surface area (Å²) in [6, 6.07) is 7.05. The predicted octanol–water partition coefficient (Wildman–Crippen LogP) is 3.46. The summed E-state index contributed by atoms with van der Waals surface area (Å²) in [5.74, 6) is 0.964. The van der Waals surface area contributed by atoms with E-state index >= 15 is 0 Å². The first-order valence-electron chi connectivity index (χ1n) is 7.04. The monoisotopic (exact) mass is 294 g/mol. The van der Waals surface area contributed by atoms with Crippen LogP contribution in [0.4, 0.5) is 0 Å². The van der Waals surface area contributed by atoms with E-state index in [1.165, 1.54) is 0 Å². The van der Waals surface area contributed by atoms with Gasteiger partial charge < -0.3 is 19.3 Å². The van der Waals surface area contributed by atoms with Crippen molar-refractivity contribution in [1.29, 1.82) is 0 Å². The molecule has 0 aliphatic rings. The summed E-state index contributed by atoms with van der Waals surface area (Å²) >= 11 is 0. The number of methoxy groups -OCH3 is 2. The van der Waals surface area contributed by atoms with Gasteiger partial charge in [-0.3, -0.25) is 0 Å². The highest BCUT2D eigenvalue weighted by atomic mass is 16.5. The first kappa shape index (κ1) is 17.5. The molecule has 1 aromatic carbocycles. The van der Waals surface area contributed by atoms with Gasteiger partial charge in [-0.05, 0) is 17.5 Å². The van der Waals surface area contributed by atoms with E-state index in [1.54, 1.807) is 32.4 Å². The molecular weight excluding hydrogens is 268 g/mol. The molecule has 0 saturated heterocycles. The molecule has 1 N–H and O–H groups in total. The standard InChI is InChI=1S/C17H26O4/c1-17(2,3)15(12-21-10-9-19-4)16(20-5)13-7-6-8-14(18)11-13/h6-8,11,18H,9-10,12H2,1-5H3. The minimum atomic E-state index is -0.107. The molecule has 0 saturated carbocycles. The van der Waals surface area contributed by atoms with E-state index in [4.69, 9.17) is 14.2 Å². The third-order valence-corrected chi connectivity index (χ3v) is 3.17. The van der Waals surface area contributed by atoms with Crippen molar-refractivity contribution < 1.29 is 19.3 Å². The molecule has 0 atom stereocenters. The molecule has 0 heterocycles. The van der Waals surface area contributed by atoms with Gasteiger partial charge in [-0.15, -0.1) is 0 Å². The molecule has 0 bridgehead atoms. The van der Waals surface area contributed by atoms with E-state index in [-0.39, 0.29) is 11.2 Å². The van der Waals surface area contributed by atoms with Gasteiger partial charge in [-0.1, -0.05) is 32.9 Å². The first-order chi connectivity index (χ1) is 9.90. The number of rotatable bonds is 7. The molecule has 0 aliphatic heterocycles. The van der Waals surface area contributed by atoms with Crippen molar-refractivity contribution in [2.75, 3.05) is 34.0 Å². The lowest BCUT2D eigenvalue weighted by Gasteiger charge is -2.26. The molecule has 21 heavy (non-hydrogen) atoms. The van der Waals surface area contributed by atoms with Gasteiger partial charge in [0.2, 0.25) is 0 Å². The van der Waals surface area contributed by atoms with Crippen LogP contribution in [0.15, 0.2) is 29.8 Å². The van der Waals surface area contributed by atoms with E-state index in [1.807, 2.05) is 6.07 Å². The third-order valence-electron chi connectivity index (χ3n) is 3.17. The summed E-state index contributed by atoms with van der Waals surface area (Å²) in [6.45, 7) is 7.90. The number of phenols is 1. The number of hydrogen-bond donors (Lipinski definition) is 1. The van der Waals surface area contributed by atoms with E-state index < -0.39 is 0 Å². The Morgan fingerprint density at radius 1 is 1.14 bits per heavy atom. The number of hydrogen-bond acceptors (Lipinski definition) is 4.